The van der Waals surface area contributed by atoms with E-state index in [1.165, 1.54) is 0 Å². The molecule has 0 aliphatic carbocycles. The van der Waals surface area contributed by atoms with Crippen LogP contribution in [0.25, 0.3) is 0 Å². The molecule has 0 unspecified atom stereocenters. The second-order valence-corrected chi connectivity index (χ2v) is 7.01. The molecule has 3 rings (SSSR count). The third-order valence-electron chi connectivity index (χ3n) is 3.70. The highest BCUT2D eigenvalue weighted by molar-refractivity contribution is 7.91. The molecule has 0 saturated carbocycles. The molecule has 2 nitrogen and oxygen atoms in total. The summed E-state index contributed by atoms with van der Waals surface area (Å²) in [6.07, 6.45) is 0. The van der Waals surface area contributed by atoms with E-state index in [1.807, 2.05) is 38.1 Å². The number of benzene rings is 2. The Bertz CT molecular complexity index is 673. The first kappa shape index (κ1) is 14.8. The molecule has 1 aliphatic heterocycles. The summed E-state index contributed by atoms with van der Waals surface area (Å²) in [4.78, 5) is 0.877. The van der Waals surface area contributed by atoms with Gasteiger partial charge in [-0.1, -0.05) is 64.1 Å². The van der Waals surface area contributed by atoms with E-state index in [0.717, 1.165) is 11.1 Å². The molecule has 1 aliphatic rings. The van der Waals surface area contributed by atoms with Gasteiger partial charge in [0.25, 0.3) is 0 Å². The van der Waals surface area contributed by atoms with Crippen LogP contribution in [0.1, 0.15) is 38.8 Å². The van der Waals surface area contributed by atoms with Gasteiger partial charge in [-0.05, 0) is 23.3 Å². The monoisotopic (exact) mass is 288 g/mol. The molecule has 0 saturated heterocycles. The Hall–Kier alpha value is -1.61. The Labute approximate surface area is 121 Å². The zero-order valence-corrected chi connectivity index (χ0v) is 13.2. The standard InChI is InChI=1S/C15H14O2S.C2H6/c1-15(2)11-7-3-5-9-13(11)18(16,17)14-10-6-4-8-12(14)15;1-2/h3-10H,1-2H3;1-2H3. The highest BCUT2D eigenvalue weighted by Gasteiger charge is 2.39. The van der Waals surface area contributed by atoms with Crippen LogP contribution in [0, 0.1) is 0 Å². The van der Waals surface area contributed by atoms with Crippen molar-refractivity contribution in [1.29, 1.82) is 0 Å². The van der Waals surface area contributed by atoms with Gasteiger partial charge in [0.2, 0.25) is 9.84 Å². The van der Waals surface area contributed by atoms with Gasteiger partial charge in [-0.15, -0.1) is 0 Å². The molecule has 0 N–H and O–H groups in total. The maximum absolute atomic E-state index is 12.6. The molecule has 0 fully saturated rings. The predicted molar refractivity (Wildman–Crippen MR) is 81.8 cm³/mol. The average molecular weight is 288 g/mol. The van der Waals surface area contributed by atoms with E-state index in [0.29, 0.717) is 9.79 Å². The molecular weight excluding hydrogens is 268 g/mol. The third kappa shape index (κ3) is 1.97. The summed E-state index contributed by atoms with van der Waals surface area (Å²) in [5.41, 5.74) is 1.48. The molecule has 1 heterocycles. The van der Waals surface area contributed by atoms with Crippen molar-refractivity contribution in [3.05, 3.63) is 59.7 Å². The zero-order valence-electron chi connectivity index (χ0n) is 12.3. The fourth-order valence-corrected chi connectivity index (χ4v) is 4.68. The Morgan fingerprint density at radius 1 is 0.750 bits per heavy atom. The minimum Gasteiger partial charge on any atom is -0.218 e. The van der Waals surface area contributed by atoms with E-state index < -0.39 is 9.84 Å². The van der Waals surface area contributed by atoms with Crippen LogP contribution in [0.4, 0.5) is 0 Å². The summed E-state index contributed by atoms with van der Waals surface area (Å²) in [7, 11) is -3.37. The molecule has 0 atom stereocenters. The number of sulfone groups is 1. The lowest BCUT2D eigenvalue weighted by atomic mass is 9.78. The molecule has 0 amide bonds. The summed E-state index contributed by atoms with van der Waals surface area (Å²) in [6, 6.07) is 14.5. The molecule has 0 spiro atoms. The molecule has 2 aromatic rings. The van der Waals surface area contributed by atoms with Crippen molar-refractivity contribution in [1.82, 2.24) is 0 Å². The molecule has 2 aromatic carbocycles. The van der Waals surface area contributed by atoms with Gasteiger partial charge in [0.15, 0.2) is 0 Å². The number of rotatable bonds is 0. The molecule has 0 bridgehead atoms. The van der Waals surface area contributed by atoms with E-state index >= 15 is 0 Å². The van der Waals surface area contributed by atoms with E-state index in [9.17, 15) is 8.42 Å². The van der Waals surface area contributed by atoms with Gasteiger partial charge in [-0.25, -0.2) is 8.42 Å². The van der Waals surface area contributed by atoms with E-state index in [2.05, 4.69) is 13.8 Å². The molecule has 106 valence electrons. The van der Waals surface area contributed by atoms with Crippen molar-refractivity contribution in [2.45, 2.75) is 42.9 Å². The highest BCUT2D eigenvalue weighted by Crippen LogP contribution is 2.45. The van der Waals surface area contributed by atoms with Crippen molar-refractivity contribution in [2.24, 2.45) is 0 Å². The topological polar surface area (TPSA) is 34.1 Å². The van der Waals surface area contributed by atoms with Gasteiger partial charge in [-0.3, -0.25) is 0 Å². The van der Waals surface area contributed by atoms with Gasteiger partial charge in [0, 0.05) is 5.41 Å². The normalized spacial score (nSPS) is 17.2. The SMILES string of the molecule is CC.CC1(C)c2ccccc2S(=O)(=O)c2ccccc21. The first-order valence-corrected chi connectivity index (χ1v) is 8.38. The smallest absolute Gasteiger partial charge is 0.207 e. The lowest BCUT2D eigenvalue weighted by Crippen LogP contribution is -2.29. The van der Waals surface area contributed by atoms with Crippen LogP contribution in [0.5, 0.6) is 0 Å². The zero-order chi connectivity index (χ0) is 15.0. The lowest BCUT2D eigenvalue weighted by molar-refractivity contribution is 0.555. The Morgan fingerprint density at radius 3 is 1.50 bits per heavy atom. The van der Waals surface area contributed by atoms with Crippen molar-refractivity contribution in [2.75, 3.05) is 0 Å². The lowest BCUT2D eigenvalue weighted by Gasteiger charge is -2.34. The van der Waals surface area contributed by atoms with Crippen LogP contribution in [0.3, 0.4) is 0 Å². The predicted octanol–water partition coefficient (Wildman–Crippen LogP) is 4.18. The van der Waals surface area contributed by atoms with Gasteiger partial charge >= 0.3 is 0 Å². The average Bonchev–Trinajstić information content (AvgIpc) is 2.48. The van der Waals surface area contributed by atoms with Crippen LogP contribution < -0.4 is 0 Å². The van der Waals surface area contributed by atoms with Gasteiger partial charge in [-0.2, -0.15) is 0 Å². The number of hydrogen-bond acceptors (Lipinski definition) is 2. The summed E-state index contributed by atoms with van der Waals surface area (Å²) < 4.78 is 25.2. The summed E-state index contributed by atoms with van der Waals surface area (Å²) in [6.45, 7) is 8.14. The van der Waals surface area contributed by atoms with Crippen LogP contribution in [0.2, 0.25) is 0 Å². The molecule has 0 aromatic heterocycles. The van der Waals surface area contributed by atoms with E-state index in [1.54, 1.807) is 24.3 Å². The molecule has 3 heteroatoms. The first-order chi connectivity index (χ1) is 9.45. The van der Waals surface area contributed by atoms with Crippen molar-refractivity contribution < 1.29 is 8.42 Å². The third-order valence-corrected chi connectivity index (χ3v) is 5.57. The Morgan fingerprint density at radius 2 is 1.10 bits per heavy atom. The number of fused-ring (bicyclic) bond motifs is 2. The maximum Gasteiger partial charge on any atom is 0.207 e. The Balaban J connectivity index is 0.000000704. The molecule has 0 radical (unpaired) electrons. The summed E-state index contributed by atoms with van der Waals surface area (Å²) in [5, 5.41) is 0. The summed E-state index contributed by atoms with van der Waals surface area (Å²) >= 11 is 0. The van der Waals surface area contributed by atoms with Gasteiger partial charge < -0.3 is 0 Å². The highest BCUT2D eigenvalue weighted by atomic mass is 32.2. The van der Waals surface area contributed by atoms with E-state index in [4.69, 9.17) is 0 Å². The second-order valence-electron chi connectivity index (χ2n) is 5.12. The Kier molecular flexibility index (Phi) is 3.74. The van der Waals surface area contributed by atoms with Crippen molar-refractivity contribution in [3.63, 3.8) is 0 Å². The van der Waals surface area contributed by atoms with Crippen molar-refractivity contribution in [3.8, 4) is 0 Å². The summed E-state index contributed by atoms with van der Waals surface area (Å²) in [5.74, 6) is 0. The fraction of sp³-hybridized carbons (Fsp3) is 0.294. The van der Waals surface area contributed by atoms with Gasteiger partial charge in [0.1, 0.15) is 0 Å². The van der Waals surface area contributed by atoms with Crippen LogP contribution >= 0.6 is 0 Å². The van der Waals surface area contributed by atoms with Crippen LogP contribution in [-0.4, -0.2) is 8.42 Å². The van der Waals surface area contributed by atoms with Gasteiger partial charge in [0.05, 0.1) is 9.79 Å². The first-order valence-electron chi connectivity index (χ1n) is 6.90. The second kappa shape index (κ2) is 5.06. The van der Waals surface area contributed by atoms with Crippen LogP contribution in [-0.2, 0) is 15.3 Å². The molecular formula is C17H20O2S. The molecule has 20 heavy (non-hydrogen) atoms. The largest absolute Gasteiger partial charge is 0.218 e. The van der Waals surface area contributed by atoms with E-state index in [-0.39, 0.29) is 5.41 Å². The minimum absolute atomic E-state index is 0.279. The van der Waals surface area contributed by atoms with Crippen LogP contribution in [0.15, 0.2) is 58.3 Å². The minimum atomic E-state index is -3.37. The number of hydrogen-bond donors (Lipinski definition) is 0. The fourth-order valence-electron chi connectivity index (χ4n) is 2.70. The quantitative estimate of drug-likeness (QED) is 0.728. The maximum atomic E-state index is 12.6. The van der Waals surface area contributed by atoms with Crippen molar-refractivity contribution >= 4 is 9.84 Å².